The molecule has 1 aromatic carbocycles. The van der Waals surface area contributed by atoms with Crippen LogP contribution in [0.5, 0.6) is 0 Å². The Bertz CT molecular complexity index is 661. The highest BCUT2D eigenvalue weighted by molar-refractivity contribution is 7.99. The normalized spacial score (nSPS) is 20.4. The van der Waals surface area contributed by atoms with Gasteiger partial charge in [0.15, 0.2) is 0 Å². The predicted molar refractivity (Wildman–Crippen MR) is 103 cm³/mol. The molecule has 2 N–H and O–H groups in total. The predicted octanol–water partition coefficient (Wildman–Crippen LogP) is 2.10. The van der Waals surface area contributed by atoms with Gasteiger partial charge in [-0.25, -0.2) is 0 Å². The molecule has 6 nitrogen and oxygen atoms in total. The third kappa shape index (κ3) is 4.74. The second kappa shape index (κ2) is 8.69. The van der Waals surface area contributed by atoms with Gasteiger partial charge < -0.3 is 10.6 Å². The van der Waals surface area contributed by atoms with E-state index in [4.69, 9.17) is 0 Å². The van der Waals surface area contributed by atoms with Crippen molar-refractivity contribution >= 4 is 53.3 Å². The number of aryl methyl sites for hydroxylation is 1. The maximum Gasteiger partial charge on any atom is 0.234 e. The highest BCUT2D eigenvalue weighted by atomic mass is 35.5. The van der Waals surface area contributed by atoms with Crippen LogP contribution in [0.15, 0.2) is 18.2 Å². The third-order valence-electron chi connectivity index (χ3n) is 4.20. The largest absolute Gasteiger partial charge is 0.326 e. The minimum atomic E-state index is -0.166. The van der Waals surface area contributed by atoms with Crippen LogP contribution in [-0.2, 0) is 14.4 Å². The summed E-state index contributed by atoms with van der Waals surface area (Å²) in [5.41, 5.74) is 2.08. The van der Waals surface area contributed by atoms with Crippen molar-refractivity contribution < 1.29 is 14.4 Å². The summed E-state index contributed by atoms with van der Waals surface area (Å²) in [6, 6.07) is 5.47. The summed E-state index contributed by atoms with van der Waals surface area (Å²) in [6.45, 7) is 2.78. The summed E-state index contributed by atoms with van der Waals surface area (Å²) in [5.74, 6) is 1.68. The molecule has 0 aliphatic carbocycles. The van der Waals surface area contributed by atoms with Crippen molar-refractivity contribution in [3.63, 3.8) is 0 Å². The molecule has 25 heavy (non-hydrogen) atoms. The molecule has 2 aliphatic heterocycles. The fraction of sp³-hybridized carbons (Fsp3) is 0.471. The summed E-state index contributed by atoms with van der Waals surface area (Å²) >= 11 is 1.86. The first-order chi connectivity index (χ1) is 11.5. The molecule has 0 bridgehead atoms. The molecular weight excluding hydrogens is 362 g/mol. The van der Waals surface area contributed by atoms with Gasteiger partial charge in [-0.3, -0.25) is 19.3 Å². The Morgan fingerprint density at radius 2 is 2.04 bits per heavy atom. The molecule has 0 spiro atoms. The zero-order valence-corrected chi connectivity index (χ0v) is 15.7. The van der Waals surface area contributed by atoms with E-state index in [-0.39, 0.29) is 49.0 Å². The Hall–Kier alpha value is -1.57. The lowest BCUT2D eigenvalue weighted by Crippen LogP contribution is -2.39. The van der Waals surface area contributed by atoms with Crippen molar-refractivity contribution in [3.8, 4) is 0 Å². The van der Waals surface area contributed by atoms with Crippen LogP contribution in [0, 0.1) is 6.92 Å². The fourth-order valence-electron chi connectivity index (χ4n) is 3.02. The molecule has 3 rings (SSSR count). The fourth-order valence-corrected chi connectivity index (χ4v) is 3.97. The summed E-state index contributed by atoms with van der Waals surface area (Å²) in [5, 5.41) is 6.23. The summed E-state index contributed by atoms with van der Waals surface area (Å²) in [4.78, 5) is 37.1. The van der Waals surface area contributed by atoms with Gasteiger partial charge >= 0.3 is 0 Å². The smallest absolute Gasteiger partial charge is 0.234 e. The molecule has 2 aliphatic rings. The van der Waals surface area contributed by atoms with Crippen molar-refractivity contribution in [1.82, 2.24) is 5.32 Å². The maximum absolute atomic E-state index is 12.2. The first kappa shape index (κ1) is 19.8. The number of carbonyl (C=O) groups excluding carboxylic acids is 3. The molecule has 1 aromatic rings. The van der Waals surface area contributed by atoms with Crippen molar-refractivity contribution in [2.75, 3.05) is 28.3 Å². The SMILES string of the molecule is Cc1cc(NC(=O)CC2CSCCN2)ccc1N1C(=O)CCC1=O.Cl. The molecule has 0 saturated carbocycles. The van der Waals surface area contributed by atoms with E-state index in [1.54, 1.807) is 18.2 Å². The Morgan fingerprint density at radius 1 is 1.32 bits per heavy atom. The van der Waals surface area contributed by atoms with Crippen LogP contribution in [0.4, 0.5) is 11.4 Å². The topological polar surface area (TPSA) is 78.5 Å². The number of hydrogen-bond donors (Lipinski definition) is 2. The Kier molecular flexibility index (Phi) is 6.87. The van der Waals surface area contributed by atoms with E-state index in [9.17, 15) is 14.4 Å². The molecule has 2 fully saturated rings. The van der Waals surface area contributed by atoms with E-state index in [1.165, 1.54) is 4.90 Å². The quantitative estimate of drug-likeness (QED) is 0.778. The number of imide groups is 1. The molecular formula is C17H22ClN3O3S. The molecule has 2 heterocycles. The number of anilines is 2. The van der Waals surface area contributed by atoms with Gasteiger partial charge in [-0.15, -0.1) is 12.4 Å². The first-order valence-electron chi connectivity index (χ1n) is 8.12. The maximum atomic E-state index is 12.2. The van der Waals surface area contributed by atoms with Crippen LogP contribution in [0.2, 0.25) is 0 Å². The van der Waals surface area contributed by atoms with Gasteiger partial charge in [-0.2, -0.15) is 11.8 Å². The number of nitrogens with zero attached hydrogens (tertiary/aromatic N) is 1. The molecule has 2 saturated heterocycles. The zero-order valence-electron chi connectivity index (χ0n) is 14.0. The monoisotopic (exact) mass is 383 g/mol. The highest BCUT2D eigenvalue weighted by Gasteiger charge is 2.31. The van der Waals surface area contributed by atoms with Crippen LogP contribution in [0.25, 0.3) is 0 Å². The Balaban J connectivity index is 0.00000225. The summed E-state index contributed by atoms with van der Waals surface area (Å²) < 4.78 is 0. The van der Waals surface area contributed by atoms with Crippen molar-refractivity contribution in [2.45, 2.75) is 32.2 Å². The van der Waals surface area contributed by atoms with Gasteiger partial charge in [-0.1, -0.05) is 0 Å². The van der Waals surface area contributed by atoms with E-state index in [2.05, 4.69) is 10.6 Å². The van der Waals surface area contributed by atoms with Crippen LogP contribution in [0.3, 0.4) is 0 Å². The minimum Gasteiger partial charge on any atom is -0.326 e. The molecule has 1 unspecified atom stereocenters. The van der Waals surface area contributed by atoms with Gasteiger partial charge in [0.1, 0.15) is 0 Å². The van der Waals surface area contributed by atoms with Gasteiger partial charge in [0, 0.05) is 49.0 Å². The number of thioether (sulfide) groups is 1. The van der Waals surface area contributed by atoms with E-state index < -0.39 is 0 Å². The van der Waals surface area contributed by atoms with Gasteiger partial charge in [0.2, 0.25) is 17.7 Å². The van der Waals surface area contributed by atoms with E-state index >= 15 is 0 Å². The number of amides is 3. The molecule has 1 atom stereocenters. The standard InChI is InChI=1S/C17H21N3O3S.ClH/c1-11-8-12(19-15(21)9-13-10-24-7-6-18-13)2-3-14(11)20-16(22)4-5-17(20)23;/h2-3,8,13,18H,4-7,9-10H2,1H3,(H,19,21);1H. The molecule has 3 amide bonds. The molecule has 136 valence electrons. The lowest BCUT2D eigenvalue weighted by Gasteiger charge is -2.22. The lowest BCUT2D eigenvalue weighted by atomic mass is 10.1. The minimum absolute atomic E-state index is 0. The second-order valence-corrected chi connectivity index (χ2v) is 7.25. The van der Waals surface area contributed by atoms with Crippen LogP contribution in [-0.4, -0.2) is 41.8 Å². The average molecular weight is 384 g/mol. The van der Waals surface area contributed by atoms with Crippen molar-refractivity contribution in [1.29, 1.82) is 0 Å². The zero-order chi connectivity index (χ0) is 17.1. The number of benzene rings is 1. The van der Waals surface area contributed by atoms with E-state index in [0.29, 0.717) is 17.8 Å². The highest BCUT2D eigenvalue weighted by Crippen LogP contribution is 2.28. The van der Waals surface area contributed by atoms with Crippen LogP contribution in [0.1, 0.15) is 24.8 Å². The van der Waals surface area contributed by atoms with Crippen molar-refractivity contribution in [2.24, 2.45) is 0 Å². The van der Waals surface area contributed by atoms with E-state index in [0.717, 1.165) is 23.6 Å². The van der Waals surface area contributed by atoms with Crippen LogP contribution < -0.4 is 15.5 Å². The van der Waals surface area contributed by atoms with Crippen LogP contribution >= 0.6 is 24.2 Å². The number of rotatable bonds is 4. The van der Waals surface area contributed by atoms with Gasteiger partial charge in [-0.05, 0) is 30.7 Å². The third-order valence-corrected chi connectivity index (χ3v) is 5.33. The van der Waals surface area contributed by atoms with E-state index in [1.807, 2.05) is 18.7 Å². The van der Waals surface area contributed by atoms with Crippen molar-refractivity contribution in [3.05, 3.63) is 23.8 Å². The lowest BCUT2D eigenvalue weighted by molar-refractivity contribution is -0.121. The second-order valence-electron chi connectivity index (χ2n) is 6.10. The summed E-state index contributed by atoms with van der Waals surface area (Å²) in [6.07, 6.45) is 0.975. The molecule has 0 radical (unpaired) electrons. The first-order valence-corrected chi connectivity index (χ1v) is 9.27. The number of nitrogens with one attached hydrogen (secondary N) is 2. The molecule has 0 aromatic heterocycles. The number of carbonyl (C=O) groups is 3. The van der Waals surface area contributed by atoms with Gasteiger partial charge in [0.25, 0.3) is 0 Å². The summed E-state index contributed by atoms with van der Waals surface area (Å²) in [7, 11) is 0. The number of hydrogen-bond acceptors (Lipinski definition) is 5. The Labute approximate surface area is 157 Å². The van der Waals surface area contributed by atoms with Gasteiger partial charge in [0.05, 0.1) is 5.69 Å². The molecule has 8 heteroatoms. The number of halogens is 1. The Morgan fingerprint density at radius 3 is 2.64 bits per heavy atom. The average Bonchev–Trinajstić information content (AvgIpc) is 2.88.